The molecule has 0 aromatic carbocycles. The minimum Gasteiger partial charge on any atom is -0.380 e. The Morgan fingerprint density at radius 2 is 2.32 bits per heavy atom. The molecular weight excluding hydrogens is 306 g/mol. The number of alkyl halides is 1. The molecule has 7 heteroatoms. The van der Waals surface area contributed by atoms with E-state index in [-0.39, 0.29) is 12.0 Å². The second-order valence-corrected chi connectivity index (χ2v) is 7.92. The van der Waals surface area contributed by atoms with Crippen LogP contribution in [0, 0.1) is 5.92 Å². The number of methoxy groups -OCH3 is 1. The molecule has 0 amide bonds. The van der Waals surface area contributed by atoms with E-state index in [1.165, 1.54) is 15.6 Å². The summed E-state index contributed by atoms with van der Waals surface area (Å²) in [5.74, 6) is 0.607. The van der Waals surface area contributed by atoms with Crippen molar-refractivity contribution in [2.45, 2.75) is 30.2 Å². The standard InChI is InChI=1S/C12H18ClNO3S2/c1-9-3-5-14(8-10(9)17-2)19(15,16)12-4-6-18-11(12)7-13/h4,6,9-10H,3,5,7-8H2,1-2H3. The van der Waals surface area contributed by atoms with Gasteiger partial charge in [-0.15, -0.1) is 22.9 Å². The molecule has 1 saturated heterocycles. The zero-order valence-electron chi connectivity index (χ0n) is 11.0. The Hall–Kier alpha value is -0.140. The van der Waals surface area contributed by atoms with Crippen LogP contribution >= 0.6 is 22.9 Å². The Kier molecular flexibility index (Phi) is 4.89. The second kappa shape index (κ2) is 6.10. The molecule has 2 unspecified atom stereocenters. The van der Waals surface area contributed by atoms with Gasteiger partial charge in [0.25, 0.3) is 0 Å². The van der Waals surface area contributed by atoms with E-state index in [0.717, 1.165) is 6.42 Å². The van der Waals surface area contributed by atoms with Gasteiger partial charge in [0, 0.05) is 25.1 Å². The third-order valence-electron chi connectivity index (χ3n) is 3.60. The van der Waals surface area contributed by atoms with Crippen molar-refractivity contribution in [1.29, 1.82) is 0 Å². The summed E-state index contributed by atoms with van der Waals surface area (Å²) in [7, 11) is -1.82. The summed E-state index contributed by atoms with van der Waals surface area (Å²) >= 11 is 7.18. The summed E-state index contributed by atoms with van der Waals surface area (Å²) in [6.07, 6.45) is 0.777. The fourth-order valence-electron chi connectivity index (χ4n) is 2.33. The maximum absolute atomic E-state index is 12.6. The van der Waals surface area contributed by atoms with E-state index < -0.39 is 10.0 Å². The van der Waals surface area contributed by atoms with Gasteiger partial charge in [-0.25, -0.2) is 8.42 Å². The molecule has 1 aliphatic rings. The van der Waals surface area contributed by atoms with Crippen LogP contribution in [0.4, 0.5) is 0 Å². The molecular formula is C12H18ClNO3S2. The summed E-state index contributed by atoms with van der Waals surface area (Å²) < 4.78 is 32.1. The van der Waals surface area contributed by atoms with Crippen molar-refractivity contribution in [1.82, 2.24) is 4.31 Å². The van der Waals surface area contributed by atoms with Crippen LogP contribution in [0.15, 0.2) is 16.3 Å². The average Bonchev–Trinajstić information content (AvgIpc) is 2.88. The van der Waals surface area contributed by atoms with Crippen LogP contribution in [0.2, 0.25) is 0 Å². The number of piperidine rings is 1. The zero-order chi connectivity index (χ0) is 14.0. The van der Waals surface area contributed by atoms with Crippen molar-refractivity contribution in [3.63, 3.8) is 0 Å². The van der Waals surface area contributed by atoms with Gasteiger partial charge in [0.2, 0.25) is 10.0 Å². The summed E-state index contributed by atoms with van der Waals surface area (Å²) in [6.45, 7) is 3.05. The number of halogens is 1. The molecule has 1 fully saturated rings. The quantitative estimate of drug-likeness (QED) is 0.800. The SMILES string of the molecule is COC1CN(S(=O)(=O)c2ccsc2CCl)CCC1C. The van der Waals surface area contributed by atoms with Crippen molar-refractivity contribution in [3.8, 4) is 0 Å². The maximum Gasteiger partial charge on any atom is 0.244 e. The molecule has 1 aliphatic heterocycles. The molecule has 2 rings (SSSR count). The number of rotatable bonds is 4. The molecule has 0 bridgehead atoms. The van der Waals surface area contributed by atoms with Gasteiger partial charge in [0.15, 0.2) is 0 Å². The molecule has 0 spiro atoms. The third kappa shape index (κ3) is 2.97. The Labute approximate surface area is 123 Å². The number of sulfonamides is 1. The minimum absolute atomic E-state index is 0.0402. The van der Waals surface area contributed by atoms with Gasteiger partial charge in [-0.1, -0.05) is 6.92 Å². The maximum atomic E-state index is 12.6. The van der Waals surface area contributed by atoms with Gasteiger partial charge >= 0.3 is 0 Å². The Balaban J connectivity index is 2.25. The predicted molar refractivity (Wildman–Crippen MR) is 77.2 cm³/mol. The lowest BCUT2D eigenvalue weighted by molar-refractivity contribution is 0.0184. The normalized spacial score (nSPS) is 25.6. The van der Waals surface area contributed by atoms with Crippen LogP contribution in [0.25, 0.3) is 0 Å². The first-order valence-electron chi connectivity index (χ1n) is 6.16. The van der Waals surface area contributed by atoms with Crippen LogP contribution < -0.4 is 0 Å². The molecule has 19 heavy (non-hydrogen) atoms. The highest BCUT2D eigenvalue weighted by atomic mass is 35.5. The molecule has 0 saturated carbocycles. The van der Waals surface area contributed by atoms with Crippen LogP contribution in [0.5, 0.6) is 0 Å². The van der Waals surface area contributed by atoms with Gasteiger partial charge in [-0.05, 0) is 23.8 Å². The lowest BCUT2D eigenvalue weighted by atomic mass is 9.97. The molecule has 2 heterocycles. The third-order valence-corrected chi connectivity index (χ3v) is 7.02. The molecule has 0 N–H and O–H groups in total. The van der Waals surface area contributed by atoms with E-state index >= 15 is 0 Å². The largest absolute Gasteiger partial charge is 0.380 e. The van der Waals surface area contributed by atoms with Crippen molar-refractivity contribution in [3.05, 3.63) is 16.3 Å². The van der Waals surface area contributed by atoms with Gasteiger partial charge in [-0.2, -0.15) is 4.31 Å². The van der Waals surface area contributed by atoms with Crippen LogP contribution in [0.3, 0.4) is 0 Å². The molecule has 108 valence electrons. The lowest BCUT2D eigenvalue weighted by Crippen LogP contribution is -2.46. The van der Waals surface area contributed by atoms with Crippen molar-refractivity contribution < 1.29 is 13.2 Å². The first kappa shape index (κ1) is 15.3. The molecule has 4 nitrogen and oxygen atoms in total. The molecule has 0 aliphatic carbocycles. The summed E-state index contributed by atoms with van der Waals surface area (Å²) in [4.78, 5) is 1.05. The monoisotopic (exact) mass is 323 g/mol. The highest BCUT2D eigenvalue weighted by molar-refractivity contribution is 7.89. The number of nitrogens with zero attached hydrogens (tertiary/aromatic N) is 1. The van der Waals surface area contributed by atoms with E-state index in [2.05, 4.69) is 6.92 Å². The average molecular weight is 324 g/mol. The topological polar surface area (TPSA) is 46.6 Å². The predicted octanol–water partition coefficient (Wildman–Crippen LogP) is 2.53. The van der Waals surface area contributed by atoms with E-state index in [9.17, 15) is 8.42 Å². The fraction of sp³-hybridized carbons (Fsp3) is 0.667. The zero-order valence-corrected chi connectivity index (χ0v) is 13.4. The van der Waals surface area contributed by atoms with Crippen LogP contribution in [-0.2, 0) is 20.6 Å². The highest BCUT2D eigenvalue weighted by Crippen LogP contribution is 2.30. The van der Waals surface area contributed by atoms with Crippen molar-refractivity contribution in [2.24, 2.45) is 5.92 Å². The van der Waals surface area contributed by atoms with E-state index in [0.29, 0.717) is 28.8 Å². The van der Waals surface area contributed by atoms with E-state index in [1.807, 2.05) is 0 Å². The number of ether oxygens (including phenoxy) is 1. The molecule has 0 radical (unpaired) electrons. The first-order valence-corrected chi connectivity index (χ1v) is 9.01. The smallest absolute Gasteiger partial charge is 0.244 e. The summed E-state index contributed by atoms with van der Waals surface area (Å²) in [5, 5.41) is 1.77. The minimum atomic E-state index is -3.45. The highest BCUT2D eigenvalue weighted by Gasteiger charge is 2.35. The van der Waals surface area contributed by atoms with Crippen LogP contribution in [0.1, 0.15) is 18.2 Å². The summed E-state index contributed by atoms with van der Waals surface area (Å²) in [6, 6.07) is 1.64. The molecule has 1 aromatic heterocycles. The molecule has 2 atom stereocenters. The Morgan fingerprint density at radius 1 is 1.58 bits per heavy atom. The lowest BCUT2D eigenvalue weighted by Gasteiger charge is -2.35. The van der Waals surface area contributed by atoms with Crippen molar-refractivity contribution in [2.75, 3.05) is 20.2 Å². The van der Waals surface area contributed by atoms with E-state index in [4.69, 9.17) is 16.3 Å². The Bertz CT molecular complexity index is 529. The summed E-state index contributed by atoms with van der Waals surface area (Å²) in [5.41, 5.74) is 0. The van der Waals surface area contributed by atoms with Gasteiger partial charge in [-0.3, -0.25) is 0 Å². The molecule has 1 aromatic rings. The number of thiophene rings is 1. The number of hydrogen-bond donors (Lipinski definition) is 0. The van der Waals surface area contributed by atoms with Crippen molar-refractivity contribution >= 4 is 33.0 Å². The fourth-order valence-corrected chi connectivity index (χ4v) is 5.47. The first-order chi connectivity index (χ1) is 9.00. The van der Waals surface area contributed by atoms with Gasteiger partial charge < -0.3 is 4.74 Å². The number of hydrogen-bond acceptors (Lipinski definition) is 4. The van der Waals surface area contributed by atoms with Gasteiger partial charge in [0.05, 0.1) is 16.9 Å². The second-order valence-electron chi connectivity index (χ2n) is 4.74. The van der Waals surface area contributed by atoms with E-state index in [1.54, 1.807) is 18.6 Å². The van der Waals surface area contributed by atoms with Gasteiger partial charge in [0.1, 0.15) is 0 Å². The Morgan fingerprint density at radius 3 is 2.95 bits per heavy atom. The van der Waals surface area contributed by atoms with Crippen LogP contribution in [-0.4, -0.2) is 39.0 Å².